The minimum Gasteiger partial charge on any atom is -0.451 e. The summed E-state index contributed by atoms with van der Waals surface area (Å²) in [5.74, 6) is -0.140. The summed E-state index contributed by atoms with van der Waals surface area (Å²) in [4.78, 5) is 12.6. The number of anilines is 1. The Morgan fingerprint density at radius 1 is 1.04 bits per heavy atom. The van der Waals surface area contributed by atoms with E-state index in [-0.39, 0.29) is 22.6 Å². The van der Waals surface area contributed by atoms with Gasteiger partial charge in [-0.25, -0.2) is 13.1 Å². The number of sulfonamides is 1. The number of benzene rings is 2. The van der Waals surface area contributed by atoms with Crippen molar-refractivity contribution < 1.29 is 17.6 Å². The molecule has 1 aromatic heterocycles. The molecule has 0 radical (unpaired) electrons. The second kappa shape index (κ2) is 6.93. The zero-order valence-corrected chi connectivity index (χ0v) is 15.6. The molecule has 0 aliphatic heterocycles. The molecule has 0 saturated carbocycles. The Balaban J connectivity index is 1.80. The van der Waals surface area contributed by atoms with Crippen molar-refractivity contribution in [1.82, 2.24) is 4.72 Å². The summed E-state index contributed by atoms with van der Waals surface area (Å²) in [6.07, 6.45) is 0. The van der Waals surface area contributed by atoms with Crippen LogP contribution in [-0.2, 0) is 10.0 Å². The highest BCUT2D eigenvalue weighted by molar-refractivity contribution is 7.89. The minimum atomic E-state index is -3.56. The van der Waals surface area contributed by atoms with E-state index in [9.17, 15) is 13.2 Å². The molecule has 1 heterocycles. The van der Waals surface area contributed by atoms with Crippen molar-refractivity contribution in [2.45, 2.75) is 31.7 Å². The average molecular weight is 372 g/mol. The Morgan fingerprint density at radius 3 is 2.31 bits per heavy atom. The first-order valence-corrected chi connectivity index (χ1v) is 9.68. The van der Waals surface area contributed by atoms with Crippen molar-refractivity contribution in [3.63, 3.8) is 0 Å². The standard InChI is InChI=1S/C19H20N2O4S/c1-12(2)21-26(23,24)15-10-8-14(9-11-15)20-19(22)18-13(3)16-6-4-5-7-17(16)25-18/h4-12,21H,1-3H3,(H,20,22). The number of para-hydroxylation sites is 1. The fourth-order valence-corrected chi connectivity index (χ4v) is 3.93. The number of rotatable bonds is 5. The number of fused-ring (bicyclic) bond motifs is 1. The molecule has 0 aliphatic carbocycles. The molecule has 0 spiro atoms. The lowest BCUT2D eigenvalue weighted by atomic mass is 10.1. The number of furan rings is 1. The molecule has 2 aromatic carbocycles. The summed E-state index contributed by atoms with van der Waals surface area (Å²) >= 11 is 0. The van der Waals surface area contributed by atoms with Gasteiger partial charge in [0.2, 0.25) is 10.0 Å². The summed E-state index contributed by atoms with van der Waals surface area (Å²) in [6.45, 7) is 5.33. The summed E-state index contributed by atoms with van der Waals surface area (Å²) in [7, 11) is -3.56. The van der Waals surface area contributed by atoms with Gasteiger partial charge < -0.3 is 9.73 Å². The third-order valence-electron chi connectivity index (χ3n) is 3.86. The second-order valence-electron chi connectivity index (χ2n) is 6.31. The van der Waals surface area contributed by atoms with Crippen LogP contribution in [0.1, 0.15) is 30.0 Å². The lowest BCUT2D eigenvalue weighted by Crippen LogP contribution is -2.30. The lowest BCUT2D eigenvalue weighted by Gasteiger charge is -2.10. The highest BCUT2D eigenvalue weighted by Gasteiger charge is 2.18. The van der Waals surface area contributed by atoms with Gasteiger partial charge in [-0.05, 0) is 51.1 Å². The van der Waals surface area contributed by atoms with E-state index in [2.05, 4.69) is 10.0 Å². The van der Waals surface area contributed by atoms with E-state index in [1.165, 1.54) is 12.1 Å². The maximum atomic E-state index is 12.5. The van der Waals surface area contributed by atoms with Gasteiger partial charge in [-0.2, -0.15) is 0 Å². The van der Waals surface area contributed by atoms with Crippen LogP contribution in [0.4, 0.5) is 5.69 Å². The normalized spacial score (nSPS) is 11.8. The topological polar surface area (TPSA) is 88.4 Å². The number of hydrogen-bond donors (Lipinski definition) is 2. The molecule has 0 unspecified atom stereocenters. The molecule has 0 atom stereocenters. The van der Waals surface area contributed by atoms with Crippen molar-refractivity contribution >= 4 is 32.6 Å². The van der Waals surface area contributed by atoms with Gasteiger partial charge >= 0.3 is 0 Å². The van der Waals surface area contributed by atoms with Crippen LogP contribution in [-0.4, -0.2) is 20.4 Å². The van der Waals surface area contributed by atoms with E-state index in [1.807, 2.05) is 25.1 Å². The molecule has 2 N–H and O–H groups in total. The maximum absolute atomic E-state index is 12.5. The van der Waals surface area contributed by atoms with Crippen LogP contribution in [0.2, 0.25) is 0 Å². The van der Waals surface area contributed by atoms with Crippen LogP contribution in [0.3, 0.4) is 0 Å². The zero-order valence-electron chi connectivity index (χ0n) is 14.7. The van der Waals surface area contributed by atoms with Crippen LogP contribution in [0.5, 0.6) is 0 Å². The van der Waals surface area contributed by atoms with Crippen molar-refractivity contribution in [2.24, 2.45) is 0 Å². The number of carbonyl (C=O) groups excluding carboxylic acids is 1. The maximum Gasteiger partial charge on any atom is 0.291 e. The second-order valence-corrected chi connectivity index (χ2v) is 8.02. The van der Waals surface area contributed by atoms with Gasteiger partial charge in [0.15, 0.2) is 5.76 Å². The Hall–Kier alpha value is -2.64. The van der Waals surface area contributed by atoms with E-state index >= 15 is 0 Å². The van der Waals surface area contributed by atoms with Crippen molar-refractivity contribution in [3.05, 3.63) is 59.9 Å². The Labute approximate surface area is 152 Å². The highest BCUT2D eigenvalue weighted by atomic mass is 32.2. The van der Waals surface area contributed by atoms with Crippen LogP contribution >= 0.6 is 0 Å². The van der Waals surface area contributed by atoms with Crippen LogP contribution in [0.15, 0.2) is 57.8 Å². The molecule has 3 rings (SSSR count). The van der Waals surface area contributed by atoms with Crippen LogP contribution in [0.25, 0.3) is 11.0 Å². The van der Waals surface area contributed by atoms with Gasteiger partial charge in [0.05, 0.1) is 4.90 Å². The molecule has 6 nitrogen and oxygen atoms in total. The quantitative estimate of drug-likeness (QED) is 0.715. The Kier molecular flexibility index (Phi) is 4.84. The fourth-order valence-electron chi connectivity index (χ4n) is 2.67. The molecule has 0 fully saturated rings. The third kappa shape index (κ3) is 3.63. The molecule has 26 heavy (non-hydrogen) atoms. The minimum absolute atomic E-state index is 0.143. The predicted molar refractivity (Wildman–Crippen MR) is 101 cm³/mol. The molecular formula is C19H20N2O4S. The molecule has 0 bridgehead atoms. The van der Waals surface area contributed by atoms with Gasteiger partial charge in [-0.3, -0.25) is 4.79 Å². The smallest absolute Gasteiger partial charge is 0.291 e. The SMILES string of the molecule is Cc1c(C(=O)Nc2ccc(S(=O)(=O)NC(C)C)cc2)oc2ccccc12. The van der Waals surface area contributed by atoms with Crippen molar-refractivity contribution in [2.75, 3.05) is 5.32 Å². The number of amides is 1. The first kappa shape index (κ1) is 18.2. The van der Waals surface area contributed by atoms with E-state index < -0.39 is 10.0 Å². The third-order valence-corrected chi connectivity index (χ3v) is 5.54. The summed E-state index contributed by atoms with van der Waals surface area (Å²) in [5.41, 5.74) is 1.90. The first-order chi connectivity index (χ1) is 12.3. The first-order valence-electron chi connectivity index (χ1n) is 8.20. The molecule has 3 aromatic rings. The van der Waals surface area contributed by atoms with Gasteiger partial charge in [0.1, 0.15) is 5.58 Å². The van der Waals surface area contributed by atoms with E-state index in [4.69, 9.17) is 4.42 Å². The van der Waals surface area contributed by atoms with E-state index in [0.717, 1.165) is 10.9 Å². The molecule has 0 aliphatic rings. The molecule has 7 heteroatoms. The van der Waals surface area contributed by atoms with Crippen LogP contribution < -0.4 is 10.0 Å². The molecule has 136 valence electrons. The van der Waals surface area contributed by atoms with E-state index in [1.54, 1.807) is 32.0 Å². The molecule has 0 saturated heterocycles. The summed E-state index contributed by atoms with van der Waals surface area (Å²) in [5, 5.41) is 3.62. The zero-order chi connectivity index (χ0) is 18.9. The predicted octanol–water partition coefficient (Wildman–Crippen LogP) is 3.68. The Bertz CT molecular complexity index is 1050. The van der Waals surface area contributed by atoms with Crippen molar-refractivity contribution in [3.8, 4) is 0 Å². The summed E-state index contributed by atoms with van der Waals surface area (Å²) < 4.78 is 32.4. The fraction of sp³-hybridized carbons (Fsp3) is 0.211. The number of nitrogens with one attached hydrogen (secondary N) is 2. The van der Waals surface area contributed by atoms with E-state index in [0.29, 0.717) is 11.3 Å². The number of carbonyl (C=O) groups is 1. The van der Waals surface area contributed by atoms with Gasteiger partial charge in [0.25, 0.3) is 5.91 Å². The monoisotopic (exact) mass is 372 g/mol. The van der Waals surface area contributed by atoms with Gasteiger partial charge in [-0.15, -0.1) is 0 Å². The average Bonchev–Trinajstić information content (AvgIpc) is 2.92. The number of hydrogen-bond acceptors (Lipinski definition) is 4. The number of aryl methyl sites for hydroxylation is 1. The van der Waals surface area contributed by atoms with Gasteiger partial charge in [0, 0.05) is 22.7 Å². The van der Waals surface area contributed by atoms with Crippen molar-refractivity contribution in [1.29, 1.82) is 0 Å². The highest BCUT2D eigenvalue weighted by Crippen LogP contribution is 2.25. The lowest BCUT2D eigenvalue weighted by molar-refractivity contribution is 0.0998. The van der Waals surface area contributed by atoms with Gasteiger partial charge in [-0.1, -0.05) is 18.2 Å². The summed E-state index contributed by atoms with van der Waals surface area (Å²) in [6, 6.07) is 13.2. The largest absolute Gasteiger partial charge is 0.451 e. The Morgan fingerprint density at radius 2 is 1.69 bits per heavy atom. The van der Waals surface area contributed by atoms with Crippen LogP contribution in [0, 0.1) is 6.92 Å². The molecular weight excluding hydrogens is 352 g/mol. The molecule has 1 amide bonds.